The van der Waals surface area contributed by atoms with Crippen LogP contribution in [-0.2, 0) is 11.2 Å². The van der Waals surface area contributed by atoms with Gasteiger partial charge < -0.3 is 14.8 Å². The van der Waals surface area contributed by atoms with Crippen LogP contribution in [0, 0.1) is 5.82 Å². The van der Waals surface area contributed by atoms with E-state index in [1.54, 1.807) is 55.4 Å². The van der Waals surface area contributed by atoms with E-state index in [0.717, 1.165) is 11.1 Å². The maximum Gasteiger partial charge on any atom is 0.225 e. The summed E-state index contributed by atoms with van der Waals surface area (Å²) in [6.45, 7) is 1.82. The molecule has 1 atom stereocenters. The largest absolute Gasteiger partial charge is 0.493 e. The van der Waals surface area contributed by atoms with Crippen LogP contribution < -0.4 is 14.8 Å². The number of ether oxygens (including phenoxy) is 2. The minimum absolute atomic E-state index is 0.172. The predicted molar refractivity (Wildman–Crippen MR) is 116 cm³/mol. The standard InChI is InChI=1S/C23H22FN5O3/c1-14(26-22(30)11-15-4-9-19(31-2)20(10-15)32-3)23-27-21-12-18(25-13-29(21)28-23)16-5-7-17(24)8-6-16/h4-10,12-14H,11H2,1-3H3,(H,26,30)/t14-/m0/s1. The normalized spacial score (nSPS) is 11.9. The zero-order chi connectivity index (χ0) is 22.7. The Kier molecular flexibility index (Phi) is 5.98. The fourth-order valence-corrected chi connectivity index (χ4v) is 3.31. The molecule has 164 valence electrons. The Balaban J connectivity index is 1.47. The summed E-state index contributed by atoms with van der Waals surface area (Å²) in [6, 6.07) is 12.8. The number of amides is 1. The first-order valence-electron chi connectivity index (χ1n) is 9.95. The van der Waals surface area contributed by atoms with Crippen molar-refractivity contribution < 1.29 is 18.7 Å². The third-order valence-corrected chi connectivity index (χ3v) is 4.96. The Morgan fingerprint density at radius 1 is 1.09 bits per heavy atom. The van der Waals surface area contributed by atoms with Crippen molar-refractivity contribution in [1.29, 1.82) is 0 Å². The molecule has 2 aromatic carbocycles. The van der Waals surface area contributed by atoms with Gasteiger partial charge >= 0.3 is 0 Å². The Bertz CT molecular complexity index is 1260. The minimum Gasteiger partial charge on any atom is -0.493 e. The maximum absolute atomic E-state index is 13.2. The summed E-state index contributed by atoms with van der Waals surface area (Å²) < 4.78 is 25.2. The molecule has 4 aromatic rings. The Morgan fingerprint density at radius 3 is 2.56 bits per heavy atom. The lowest BCUT2D eigenvalue weighted by Gasteiger charge is -2.12. The molecule has 0 spiro atoms. The summed E-state index contributed by atoms with van der Waals surface area (Å²) in [5.74, 6) is 1.15. The van der Waals surface area contributed by atoms with Crippen LogP contribution in [0.3, 0.4) is 0 Å². The smallest absolute Gasteiger partial charge is 0.225 e. The second-order valence-corrected chi connectivity index (χ2v) is 7.21. The van der Waals surface area contributed by atoms with Crippen LogP contribution in [0.4, 0.5) is 4.39 Å². The fourth-order valence-electron chi connectivity index (χ4n) is 3.31. The van der Waals surface area contributed by atoms with Gasteiger partial charge in [-0.1, -0.05) is 6.07 Å². The van der Waals surface area contributed by atoms with Gasteiger partial charge in [-0.3, -0.25) is 4.79 Å². The highest BCUT2D eigenvalue weighted by molar-refractivity contribution is 5.79. The van der Waals surface area contributed by atoms with Crippen molar-refractivity contribution in [1.82, 2.24) is 24.9 Å². The number of carbonyl (C=O) groups excluding carboxylic acids is 1. The molecule has 0 aliphatic heterocycles. The SMILES string of the molecule is COc1ccc(CC(=O)N[C@@H](C)c2nc3cc(-c4ccc(F)cc4)ncn3n2)cc1OC. The lowest BCUT2D eigenvalue weighted by atomic mass is 10.1. The van der Waals surface area contributed by atoms with Crippen molar-refractivity contribution in [2.45, 2.75) is 19.4 Å². The van der Waals surface area contributed by atoms with Crippen molar-refractivity contribution in [2.24, 2.45) is 0 Å². The van der Waals surface area contributed by atoms with E-state index >= 15 is 0 Å². The van der Waals surface area contributed by atoms with Gasteiger partial charge in [0.1, 0.15) is 12.1 Å². The van der Waals surface area contributed by atoms with Gasteiger partial charge in [-0.15, -0.1) is 5.10 Å². The van der Waals surface area contributed by atoms with E-state index in [4.69, 9.17) is 9.47 Å². The summed E-state index contributed by atoms with van der Waals surface area (Å²) in [6.07, 6.45) is 1.72. The number of aromatic nitrogens is 4. The van der Waals surface area contributed by atoms with Gasteiger partial charge in [0, 0.05) is 11.6 Å². The molecular weight excluding hydrogens is 413 g/mol. The molecule has 9 heteroatoms. The highest BCUT2D eigenvalue weighted by atomic mass is 19.1. The lowest BCUT2D eigenvalue weighted by Crippen LogP contribution is -2.28. The summed E-state index contributed by atoms with van der Waals surface area (Å²) >= 11 is 0. The first-order valence-corrected chi connectivity index (χ1v) is 9.95. The maximum atomic E-state index is 13.2. The summed E-state index contributed by atoms with van der Waals surface area (Å²) in [5, 5.41) is 7.32. The van der Waals surface area contributed by atoms with Crippen molar-refractivity contribution in [3.05, 3.63) is 72.1 Å². The second kappa shape index (κ2) is 9.01. The van der Waals surface area contributed by atoms with Gasteiger partial charge in [0.05, 0.1) is 32.4 Å². The van der Waals surface area contributed by atoms with Crippen molar-refractivity contribution in [2.75, 3.05) is 14.2 Å². The first kappa shape index (κ1) is 21.2. The molecule has 8 nitrogen and oxygen atoms in total. The third kappa shape index (κ3) is 4.51. The third-order valence-electron chi connectivity index (χ3n) is 4.96. The number of benzene rings is 2. The Hall–Kier alpha value is -4.01. The highest BCUT2D eigenvalue weighted by Crippen LogP contribution is 2.27. The molecule has 2 aromatic heterocycles. The molecule has 0 saturated carbocycles. The summed E-state index contributed by atoms with van der Waals surface area (Å²) in [4.78, 5) is 21.4. The molecule has 0 aliphatic carbocycles. The van der Waals surface area contributed by atoms with Crippen molar-refractivity contribution in [3.8, 4) is 22.8 Å². The number of methoxy groups -OCH3 is 2. The first-order chi connectivity index (χ1) is 15.5. The van der Waals surface area contributed by atoms with E-state index < -0.39 is 6.04 Å². The Morgan fingerprint density at radius 2 is 1.84 bits per heavy atom. The molecular formula is C23H22FN5O3. The van der Waals surface area contributed by atoms with Crippen LogP contribution in [0.2, 0.25) is 0 Å². The topological polar surface area (TPSA) is 90.6 Å². The predicted octanol–water partition coefficient (Wildman–Crippen LogP) is 3.37. The summed E-state index contributed by atoms with van der Waals surface area (Å²) in [7, 11) is 3.11. The molecule has 0 fully saturated rings. The van der Waals surface area contributed by atoms with Crippen LogP contribution in [-0.4, -0.2) is 39.7 Å². The van der Waals surface area contributed by atoms with E-state index in [2.05, 4.69) is 20.4 Å². The number of hydrogen-bond donors (Lipinski definition) is 1. The zero-order valence-corrected chi connectivity index (χ0v) is 17.9. The molecule has 32 heavy (non-hydrogen) atoms. The average Bonchev–Trinajstić information content (AvgIpc) is 3.23. The average molecular weight is 435 g/mol. The fraction of sp³-hybridized carbons (Fsp3) is 0.217. The molecule has 2 heterocycles. The Labute approximate surface area is 184 Å². The number of halogens is 1. The number of carbonyl (C=O) groups is 1. The van der Waals surface area contributed by atoms with E-state index in [1.807, 2.05) is 13.0 Å². The highest BCUT2D eigenvalue weighted by Gasteiger charge is 2.16. The van der Waals surface area contributed by atoms with E-state index in [-0.39, 0.29) is 18.1 Å². The van der Waals surface area contributed by atoms with E-state index in [1.165, 1.54) is 12.1 Å². The molecule has 0 bridgehead atoms. The quantitative estimate of drug-likeness (QED) is 0.479. The van der Waals surface area contributed by atoms with E-state index in [0.29, 0.717) is 28.7 Å². The van der Waals surface area contributed by atoms with Crippen LogP contribution in [0.25, 0.3) is 16.9 Å². The van der Waals surface area contributed by atoms with Crippen LogP contribution in [0.1, 0.15) is 24.4 Å². The van der Waals surface area contributed by atoms with Crippen molar-refractivity contribution in [3.63, 3.8) is 0 Å². The zero-order valence-electron chi connectivity index (χ0n) is 17.9. The van der Waals surface area contributed by atoms with Crippen LogP contribution in [0.5, 0.6) is 11.5 Å². The monoisotopic (exact) mass is 435 g/mol. The summed E-state index contributed by atoms with van der Waals surface area (Å²) in [5.41, 5.74) is 2.80. The van der Waals surface area contributed by atoms with Crippen molar-refractivity contribution >= 4 is 11.6 Å². The molecule has 0 saturated heterocycles. The molecule has 0 radical (unpaired) electrons. The van der Waals surface area contributed by atoms with Gasteiger partial charge in [-0.05, 0) is 48.9 Å². The molecule has 4 rings (SSSR count). The number of rotatable bonds is 7. The number of fused-ring (bicyclic) bond motifs is 1. The number of nitrogens with zero attached hydrogens (tertiary/aromatic N) is 4. The van der Waals surface area contributed by atoms with E-state index in [9.17, 15) is 9.18 Å². The van der Waals surface area contributed by atoms with Crippen LogP contribution in [0.15, 0.2) is 54.9 Å². The number of nitrogens with one attached hydrogen (secondary N) is 1. The van der Waals surface area contributed by atoms with Gasteiger partial charge in [-0.25, -0.2) is 18.9 Å². The number of hydrogen-bond acceptors (Lipinski definition) is 6. The molecule has 0 aliphatic rings. The van der Waals surface area contributed by atoms with Gasteiger partial charge in [0.2, 0.25) is 5.91 Å². The minimum atomic E-state index is -0.406. The van der Waals surface area contributed by atoms with Gasteiger partial charge in [0.25, 0.3) is 0 Å². The molecule has 1 amide bonds. The molecule has 0 unspecified atom stereocenters. The van der Waals surface area contributed by atoms with Gasteiger partial charge in [0.15, 0.2) is 23.0 Å². The molecule has 1 N–H and O–H groups in total. The second-order valence-electron chi connectivity index (χ2n) is 7.21. The lowest BCUT2D eigenvalue weighted by molar-refractivity contribution is -0.121. The van der Waals surface area contributed by atoms with Crippen LogP contribution >= 0.6 is 0 Å². The van der Waals surface area contributed by atoms with Gasteiger partial charge in [-0.2, -0.15) is 0 Å².